The molecule has 1 aromatic carbocycles. The minimum atomic E-state index is -0.429. The van der Waals surface area contributed by atoms with Crippen molar-refractivity contribution in [2.45, 2.75) is 58.2 Å². The fraction of sp³-hybridized carbons (Fsp3) is 0.611. The van der Waals surface area contributed by atoms with E-state index in [0.29, 0.717) is 12.1 Å². The predicted octanol–water partition coefficient (Wildman–Crippen LogP) is 4.50. The molecule has 1 aliphatic heterocycles. The number of hydrogen-bond acceptors (Lipinski definition) is 3. The van der Waals surface area contributed by atoms with Crippen LogP contribution in [0, 0.1) is 0 Å². The van der Waals surface area contributed by atoms with Crippen LogP contribution in [0.2, 0.25) is 0 Å². The van der Waals surface area contributed by atoms with Gasteiger partial charge in [0, 0.05) is 29.6 Å². The van der Waals surface area contributed by atoms with Crippen molar-refractivity contribution in [3.63, 3.8) is 0 Å². The molecule has 128 valence electrons. The molecule has 1 saturated heterocycles. The highest BCUT2D eigenvalue weighted by Gasteiger charge is 2.27. The van der Waals surface area contributed by atoms with Crippen LogP contribution in [0.15, 0.2) is 28.7 Å². The highest BCUT2D eigenvalue weighted by Crippen LogP contribution is 2.21. The molecule has 1 fully saturated rings. The third-order valence-electron chi connectivity index (χ3n) is 3.98. The van der Waals surface area contributed by atoms with E-state index in [-0.39, 0.29) is 6.09 Å². The maximum absolute atomic E-state index is 12.1. The molecule has 0 aliphatic carbocycles. The molecular formula is C18H27BrN2O2. The predicted molar refractivity (Wildman–Crippen MR) is 96.5 cm³/mol. The molecule has 5 heteroatoms. The Hall–Kier alpha value is -1.07. The van der Waals surface area contributed by atoms with Gasteiger partial charge in [0.05, 0.1) is 0 Å². The Labute approximate surface area is 147 Å². The summed E-state index contributed by atoms with van der Waals surface area (Å²) in [6, 6.07) is 9.11. The number of ether oxygens (including phenoxy) is 1. The molecule has 0 saturated carbocycles. The third-order valence-corrected chi connectivity index (χ3v) is 4.47. The van der Waals surface area contributed by atoms with Crippen LogP contribution < -0.4 is 5.32 Å². The van der Waals surface area contributed by atoms with Crippen molar-refractivity contribution in [3.8, 4) is 0 Å². The molecule has 23 heavy (non-hydrogen) atoms. The van der Waals surface area contributed by atoms with Gasteiger partial charge in [0.2, 0.25) is 0 Å². The van der Waals surface area contributed by atoms with Crippen LogP contribution in [0.25, 0.3) is 0 Å². The second-order valence-corrected chi connectivity index (χ2v) is 8.10. The Kier molecular flexibility index (Phi) is 6.09. The van der Waals surface area contributed by atoms with Gasteiger partial charge in [-0.2, -0.15) is 0 Å². The molecule has 1 heterocycles. The Morgan fingerprint density at radius 3 is 2.57 bits per heavy atom. The lowest BCUT2D eigenvalue weighted by Crippen LogP contribution is -2.46. The van der Waals surface area contributed by atoms with Gasteiger partial charge in [-0.15, -0.1) is 0 Å². The summed E-state index contributed by atoms with van der Waals surface area (Å²) in [7, 11) is 0. The van der Waals surface area contributed by atoms with E-state index in [1.54, 1.807) is 0 Å². The van der Waals surface area contributed by atoms with Gasteiger partial charge in [0.25, 0.3) is 0 Å². The van der Waals surface area contributed by atoms with E-state index in [4.69, 9.17) is 4.74 Å². The minimum Gasteiger partial charge on any atom is -0.444 e. The van der Waals surface area contributed by atoms with Gasteiger partial charge in [-0.3, -0.25) is 0 Å². The minimum absolute atomic E-state index is 0.198. The second kappa shape index (κ2) is 7.67. The Morgan fingerprint density at radius 1 is 1.35 bits per heavy atom. The van der Waals surface area contributed by atoms with Crippen LogP contribution in [-0.2, 0) is 4.74 Å². The Bertz CT molecular complexity index is 534. The smallest absolute Gasteiger partial charge is 0.410 e. The van der Waals surface area contributed by atoms with E-state index in [1.165, 1.54) is 5.56 Å². The van der Waals surface area contributed by atoms with Crippen LogP contribution in [-0.4, -0.2) is 35.7 Å². The lowest BCUT2D eigenvalue weighted by atomic mass is 10.0. The van der Waals surface area contributed by atoms with Crippen molar-refractivity contribution in [2.24, 2.45) is 0 Å². The largest absolute Gasteiger partial charge is 0.444 e. The Morgan fingerprint density at radius 2 is 2.00 bits per heavy atom. The zero-order chi connectivity index (χ0) is 17.0. The summed E-state index contributed by atoms with van der Waals surface area (Å²) in [6.07, 6.45) is 1.71. The van der Waals surface area contributed by atoms with E-state index in [2.05, 4.69) is 46.4 Å². The second-order valence-electron chi connectivity index (χ2n) is 7.19. The SMILES string of the molecule is C[C@H](NC1CCN(C(=O)OC(C)(C)C)CC1)c1cccc(Br)c1. The van der Waals surface area contributed by atoms with Crippen molar-refractivity contribution in [3.05, 3.63) is 34.3 Å². The number of nitrogens with one attached hydrogen (secondary N) is 1. The number of rotatable bonds is 3. The quantitative estimate of drug-likeness (QED) is 0.836. The van der Waals surface area contributed by atoms with Crippen LogP contribution in [0.5, 0.6) is 0 Å². The molecule has 0 bridgehead atoms. The number of carbonyl (C=O) groups excluding carboxylic acids is 1. The highest BCUT2D eigenvalue weighted by atomic mass is 79.9. The molecular weight excluding hydrogens is 356 g/mol. The summed E-state index contributed by atoms with van der Waals surface area (Å²) in [6.45, 7) is 9.38. The molecule has 1 atom stereocenters. The number of hydrogen-bond donors (Lipinski definition) is 1. The molecule has 1 aromatic rings. The van der Waals surface area contributed by atoms with E-state index >= 15 is 0 Å². The maximum atomic E-state index is 12.1. The third kappa shape index (κ3) is 5.81. The average molecular weight is 383 g/mol. The average Bonchev–Trinajstić information content (AvgIpc) is 2.46. The zero-order valence-corrected chi connectivity index (χ0v) is 16.0. The van der Waals surface area contributed by atoms with Crippen molar-refractivity contribution in [1.29, 1.82) is 0 Å². The summed E-state index contributed by atoms with van der Waals surface area (Å²) in [4.78, 5) is 13.9. The number of amides is 1. The molecule has 0 aromatic heterocycles. The molecule has 0 spiro atoms. The summed E-state index contributed by atoms with van der Waals surface area (Å²) in [5.74, 6) is 0. The molecule has 0 radical (unpaired) electrons. The molecule has 0 unspecified atom stereocenters. The summed E-state index contributed by atoms with van der Waals surface area (Å²) in [5.41, 5.74) is 0.843. The molecule has 2 rings (SSSR count). The monoisotopic (exact) mass is 382 g/mol. The first-order chi connectivity index (χ1) is 10.7. The van der Waals surface area contributed by atoms with Gasteiger partial charge in [-0.1, -0.05) is 28.1 Å². The van der Waals surface area contributed by atoms with Gasteiger partial charge < -0.3 is 15.0 Å². The van der Waals surface area contributed by atoms with Crippen LogP contribution in [0.3, 0.4) is 0 Å². The number of nitrogens with zero attached hydrogens (tertiary/aromatic N) is 1. The summed E-state index contributed by atoms with van der Waals surface area (Å²) >= 11 is 3.52. The number of carbonyl (C=O) groups is 1. The fourth-order valence-electron chi connectivity index (χ4n) is 2.78. The standard InChI is InChI=1S/C18H27BrN2O2/c1-13(14-6-5-7-15(19)12-14)20-16-8-10-21(11-9-16)17(22)23-18(2,3)4/h5-7,12-13,16,20H,8-11H2,1-4H3/t13-/m0/s1. The van der Waals surface area contributed by atoms with E-state index < -0.39 is 5.60 Å². The topological polar surface area (TPSA) is 41.6 Å². The first-order valence-corrected chi connectivity index (χ1v) is 9.03. The van der Waals surface area contributed by atoms with Gasteiger partial charge >= 0.3 is 6.09 Å². The van der Waals surface area contributed by atoms with Gasteiger partial charge in [0.1, 0.15) is 5.60 Å². The van der Waals surface area contributed by atoms with Crippen molar-refractivity contribution in [2.75, 3.05) is 13.1 Å². The first kappa shape index (κ1) is 18.3. The van der Waals surface area contributed by atoms with Crippen LogP contribution in [0.1, 0.15) is 52.1 Å². The lowest BCUT2D eigenvalue weighted by Gasteiger charge is -2.35. The normalized spacial score (nSPS) is 17.9. The summed E-state index contributed by atoms with van der Waals surface area (Å²) in [5, 5.41) is 3.67. The van der Waals surface area contributed by atoms with Gasteiger partial charge in [0.15, 0.2) is 0 Å². The van der Waals surface area contributed by atoms with Crippen LogP contribution >= 0.6 is 15.9 Å². The number of likely N-dealkylation sites (tertiary alicyclic amines) is 1. The molecule has 1 N–H and O–H groups in total. The summed E-state index contributed by atoms with van der Waals surface area (Å²) < 4.78 is 6.54. The highest BCUT2D eigenvalue weighted by molar-refractivity contribution is 9.10. The van der Waals surface area contributed by atoms with E-state index in [1.807, 2.05) is 31.7 Å². The van der Waals surface area contributed by atoms with Crippen molar-refractivity contribution < 1.29 is 9.53 Å². The number of benzene rings is 1. The van der Waals surface area contributed by atoms with E-state index in [0.717, 1.165) is 30.4 Å². The Balaban J connectivity index is 1.81. The van der Waals surface area contributed by atoms with E-state index in [9.17, 15) is 4.79 Å². The number of piperidine rings is 1. The van der Waals surface area contributed by atoms with Gasteiger partial charge in [-0.05, 0) is 58.2 Å². The lowest BCUT2D eigenvalue weighted by molar-refractivity contribution is 0.0196. The van der Waals surface area contributed by atoms with Gasteiger partial charge in [-0.25, -0.2) is 4.79 Å². The van der Waals surface area contributed by atoms with Crippen molar-refractivity contribution >= 4 is 22.0 Å². The van der Waals surface area contributed by atoms with Crippen LogP contribution in [0.4, 0.5) is 4.79 Å². The molecule has 1 aliphatic rings. The fourth-order valence-corrected chi connectivity index (χ4v) is 3.20. The zero-order valence-electron chi connectivity index (χ0n) is 14.4. The maximum Gasteiger partial charge on any atom is 0.410 e. The van der Waals surface area contributed by atoms with Crippen molar-refractivity contribution in [1.82, 2.24) is 10.2 Å². The number of halogens is 1. The molecule has 1 amide bonds. The molecule has 4 nitrogen and oxygen atoms in total. The first-order valence-electron chi connectivity index (χ1n) is 8.24.